The highest BCUT2D eigenvalue weighted by Gasteiger charge is 2.57. The van der Waals surface area contributed by atoms with Crippen molar-refractivity contribution in [2.45, 2.75) is 0 Å². The van der Waals surface area contributed by atoms with Gasteiger partial charge in [-0.05, 0) is 111 Å². The summed E-state index contributed by atoms with van der Waals surface area (Å²) in [6, 6.07) is 63.4. The Labute approximate surface area is 314 Å². The van der Waals surface area contributed by atoms with Crippen molar-refractivity contribution in [1.82, 2.24) is 0 Å². The smallest absolute Gasteiger partial charge is 0.333 e. The van der Waals surface area contributed by atoms with Gasteiger partial charge in [0.25, 0.3) is 6.71 Å². The fraction of sp³-hybridized carbons (Fsp3) is 0. The predicted octanol–water partition coefficient (Wildman–Crippen LogP) is 8.77. The molecule has 54 heavy (non-hydrogen) atoms. The average molecular weight is 682 g/mol. The zero-order valence-corrected chi connectivity index (χ0v) is 29.1. The number of fused-ring (bicyclic) bond motifs is 2. The Balaban J connectivity index is 1.19. The van der Waals surface area contributed by atoms with Crippen molar-refractivity contribution in [1.29, 1.82) is 0 Å². The van der Waals surface area contributed by atoms with Crippen LogP contribution in [0.4, 0.5) is 62.6 Å². The predicted molar refractivity (Wildman–Crippen MR) is 227 cm³/mol. The SMILES string of the molecule is c1ccc(N2c3cccc4c3B3c5c(cccc52)-c2ccc5c6c2N3c2c-4ccc3c2B6c2c(cccc2N5c2ccccc2)N3c2ccccc2)cc1. The Bertz CT molecular complexity index is 2810. The van der Waals surface area contributed by atoms with E-state index in [0.29, 0.717) is 0 Å². The molecule has 0 spiro atoms. The molecular formula is C48H28B2N4. The molecule has 246 valence electrons. The maximum absolute atomic E-state index is 2.78. The summed E-state index contributed by atoms with van der Waals surface area (Å²) >= 11 is 0. The number of hydrogen-bond acceptors (Lipinski definition) is 4. The lowest BCUT2D eigenvalue weighted by atomic mass is 9.29. The van der Waals surface area contributed by atoms with Gasteiger partial charge in [0.1, 0.15) is 0 Å². The summed E-state index contributed by atoms with van der Waals surface area (Å²) in [6.07, 6.45) is 0. The number of para-hydroxylation sites is 3. The third kappa shape index (κ3) is 3.07. The lowest BCUT2D eigenvalue weighted by molar-refractivity contribution is 1.22. The van der Waals surface area contributed by atoms with Crippen LogP contribution in [0.15, 0.2) is 170 Å². The Morgan fingerprint density at radius 1 is 0.278 bits per heavy atom. The average Bonchev–Trinajstić information content (AvgIpc) is 3.24. The first-order valence-electron chi connectivity index (χ1n) is 18.9. The van der Waals surface area contributed by atoms with Crippen molar-refractivity contribution in [3.05, 3.63) is 170 Å². The molecule has 4 nitrogen and oxygen atoms in total. The van der Waals surface area contributed by atoms with Gasteiger partial charge in [-0.15, -0.1) is 0 Å². The molecule has 6 aliphatic rings. The fourth-order valence-electron chi connectivity index (χ4n) is 11.0. The molecule has 0 radical (unpaired) electrons. The first kappa shape index (κ1) is 27.7. The van der Waals surface area contributed by atoms with Gasteiger partial charge in [0, 0.05) is 73.7 Å². The summed E-state index contributed by atoms with van der Waals surface area (Å²) in [4.78, 5) is 10.3. The van der Waals surface area contributed by atoms with Crippen molar-refractivity contribution in [2.24, 2.45) is 0 Å². The second-order valence-electron chi connectivity index (χ2n) is 15.2. The van der Waals surface area contributed by atoms with Gasteiger partial charge in [0.15, 0.2) is 0 Å². The highest BCUT2D eigenvalue weighted by atomic mass is 15.2. The van der Waals surface area contributed by atoms with Crippen LogP contribution in [0.1, 0.15) is 0 Å². The van der Waals surface area contributed by atoms with Crippen molar-refractivity contribution < 1.29 is 0 Å². The molecule has 6 aliphatic heterocycles. The van der Waals surface area contributed by atoms with E-state index in [1.165, 1.54) is 112 Å². The Morgan fingerprint density at radius 2 is 0.648 bits per heavy atom. The van der Waals surface area contributed by atoms with E-state index < -0.39 is 0 Å². The summed E-state index contributed by atoms with van der Waals surface area (Å²) in [5, 5.41) is 0. The molecule has 0 fully saturated rings. The number of benzene rings is 8. The third-order valence-electron chi connectivity index (χ3n) is 12.8. The normalized spacial score (nSPS) is 14.8. The minimum absolute atomic E-state index is 0.0373. The van der Waals surface area contributed by atoms with Gasteiger partial charge in [-0.1, -0.05) is 97.1 Å². The number of nitrogens with zero attached hydrogens (tertiary/aromatic N) is 4. The Morgan fingerprint density at radius 3 is 1.07 bits per heavy atom. The Kier molecular flexibility index (Phi) is 4.90. The molecule has 6 heterocycles. The zero-order valence-electron chi connectivity index (χ0n) is 29.1. The van der Waals surface area contributed by atoms with E-state index >= 15 is 0 Å². The van der Waals surface area contributed by atoms with E-state index in [4.69, 9.17) is 0 Å². The van der Waals surface area contributed by atoms with Gasteiger partial charge in [0.2, 0.25) is 0 Å². The summed E-state index contributed by atoms with van der Waals surface area (Å²) in [5.74, 6) is 0. The standard InChI is InChI=1S/C48H28B2N4/c1-4-13-29(14-5-1)51-36-21-10-19-32-34-25-27-40-45-47(34)54-48-35(33-20-11-22-37(51)43(33)50(54)42(32)36)26-28-41-46(48)49(45)44-38(52(40)30-15-6-2-7-16-30)23-12-24-39(44)53(41)31-17-8-3-9-18-31/h1-28H. The molecule has 0 aliphatic carbocycles. The second-order valence-corrected chi connectivity index (χ2v) is 15.2. The van der Waals surface area contributed by atoms with Crippen LogP contribution in [-0.4, -0.2) is 13.6 Å². The van der Waals surface area contributed by atoms with E-state index in [9.17, 15) is 0 Å². The summed E-state index contributed by atoms with van der Waals surface area (Å²) in [5.41, 5.74) is 26.1. The van der Waals surface area contributed by atoms with Gasteiger partial charge < -0.3 is 19.5 Å². The molecule has 0 bridgehead atoms. The zero-order chi connectivity index (χ0) is 34.8. The van der Waals surface area contributed by atoms with Gasteiger partial charge in [-0.3, -0.25) is 0 Å². The van der Waals surface area contributed by atoms with Crippen LogP contribution >= 0.6 is 0 Å². The van der Waals surface area contributed by atoms with Crippen LogP contribution in [0.2, 0.25) is 0 Å². The van der Waals surface area contributed by atoms with Crippen LogP contribution in [0.5, 0.6) is 0 Å². The molecule has 0 saturated heterocycles. The van der Waals surface area contributed by atoms with Crippen molar-refractivity contribution in [2.75, 3.05) is 19.5 Å². The topological polar surface area (TPSA) is 13.0 Å². The summed E-state index contributed by atoms with van der Waals surface area (Å²) in [6.45, 7) is 0.122. The molecule has 0 unspecified atom stereocenters. The molecular weight excluding hydrogens is 654 g/mol. The molecule has 0 aromatic heterocycles. The van der Waals surface area contributed by atoms with Crippen LogP contribution in [0.3, 0.4) is 0 Å². The van der Waals surface area contributed by atoms with E-state index in [0.717, 1.165) is 0 Å². The lowest BCUT2D eigenvalue weighted by Crippen LogP contribution is -2.72. The highest BCUT2D eigenvalue weighted by molar-refractivity contribution is 7.05. The van der Waals surface area contributed by atoms with E-state index in [-0.39, 0.29) is 13.6 Å². The maximum atomic E-state index is 2.78. The maximum Gasteiger partial charge on any atom is 0.333 e. The van der Waals surface area contributed by atoms with Crippen molar-refractivity contribution in [3.8, 4) is 22.3 Å². The van der Waals surface area contributed by atoms with E-state index in [1.807, 2.05) is 0 Å². The third-order valence-corrected chi connectivity index (χ3v) is 12.8. The van der Waals surface area contributed by atoms with Crippen LogP contribution < -0.4 is 46.8 Å². The van der Waals surface area contributed by atoms with Crippen molar-refractivity contribution in [3.63, 3.8) is 0 Å². The van der Waals surface area contributed by atoms with Gasteiger partial charge >= 0.3 is 6.85 Å². The monoisotopic (exact) mass is 682 g/mol. The fourth-order valence-corrected chi connectivity index (χ4v) is 11.0. The lowest BCUT2D eigenvalue weighted by Gasteiger charge is -2.56. The van der Waals surface area contributed by atoms with Gasteiger partial charge in [-0.25, -0.2) is 0 Å². The molecule has 0 N–H and O–H groups in total. The molecule has 14 rings (SSSR count). The van der Waals surface area contributed by atoms with Crippen LogP contribution in [0, 0.1) is 0 Å². The molecule has 8 aromatic carbocycles. The summed E-state index contributed by atoms with van der Waals surface area (Å²) < 4.78 is 0. The largest absolute Gasteiger partial charge is 0.377 e. The van der Waals surface area contributed by atoms with Gasteiger partial charge in [0.05, 0.1) is 0 Å². The quantitative estimate of drug-likeness (QED) is 0.173. The summed E-state index contributed by atoms with van der Waals surface area (Å²) in [7, 11) is 0. The molecule has 0 saturated carbocycles. The molecule has 6 heteroatoms. The van der Waals surface area contributed by atoms with Crippen LogP contribution in [-0.2, 0) is 0 Å². The second kappa shape index (κ2) is 9.54. The van der Waals surface area contributed by atoms with Gasteiger partial charge in [-0.2, -0.15) is 0 Å². The molecule has 8 aromatic rings. The first-order valence-corrected chi connectivity index (χ1v) is 18.9. The number of rotatable bonds is 3. The first-order chi connectivity index (χ1) is 26.9. The number of anilines is 11. The minimum atomic E-state index is 0.0373. The Hall–Kier alpha value is -6.91. The van der Waals surface area contributed by atoms with E-state index in [1.54, 1.807) is 0 Å². The molecule has 0 amide bonds. The highest BCUT2D eigenvalue weighted by Crippen LogP contribution is 2.56. The minimum Gasteiger partial charge on any atom is -0.377 e. The molecule has 0 atom stereocenters. The van der Waals surface area contributed by atoms with E-state index in [2.05, 4.69) is 189 Å². The van der Waals surface area contributed by atoms with Crippen LogP contribution in [0.25, 0.3) is 22.3 Å². The number of hydrogen-bond donors (Lipinski definition) is 0. The van der Waals surface area contributed by atoms with Crippen molar-refractivity contribution >= 4 is 103 Å².